The van der Waals surface area contributed by atoms with E-state index in [9.17, 15) is 13.4 Å². The number of aromatic nitrogens is 1. The second-order valence-electron chi connectivity index (χ2n) is 3.08. The van der Waals surface area contributed by atoms with Gasteiger partial charge in [0.05, 0.1) is 11.1 Å². The van der Waals surface area contributed by atoms with E-state index in [2.05, 4.69) is 9.64 Å². The standard InChI is InChI=1S/C10H6BF2NO2/c12-11(13)16-10(15)8-3-4-9-7(6-8)2-1-5-14-9/h1-6H. The highest BCUT2D eigenvalue weighted by atomic mass is 19.2. The molecule has 0 aliphatic carbocycles. The quantitative estimate of drug-likeness (QED) is 0.730. The second kappa shape index (κ2) is 4.26. The van der Waals surface area contributed by atoms with Crippen molar-refractivity contribution in [2.45, 2.75) is 0 Å². The van der Waals surface area contributed by atoms with Crippen LogP contribution < -0.4 is 0 Å². The SMILES string of the molecule is O=C(OB(F)F)c1ccc2ncccc2c1. The summed E-state index contributed by atoms with van der Waals surface area (Å²) in [4.78, 5) is 15.2. The number of rotatable bonds is 2. The van der Waals surface area contributed by atoms with Crippen molar-refractivity contribution in [3.05, 3.63) is 42.1 Å². The third kappa shape index (κ3) is 2.16. The zero-order chi connectivity index (χ0) is 11.5. The highest BCUT2D eigenvalue weighted by molar-refractivity contribution is 6.38. The molecule has 0 saturated heterocycles. The average molecular weight is 221 g/mol. The minimum atomic E-state index is -3.10. The van der Waals surface area contributed by atoms with E-state index in [1.165, 1.54) is 12.1 Å². The lowest BCUT2D eigenvalue weighted by Gasteiger charge is -2.02. The van der Waals surface area contributed by atoms with Gasteiger partial charge in [-0.05, 0) is 24.3 Å². The molecular weight excluding hydrogens is 215 g/mol. The van der Waals surface area contributed by atoms with Crippen LogP contribution in [-0.2, 0) is 4.65 Å². The van der Waals surface area contributed by atoms with Crippen molar-refractivity contribution in [2.75, 3.05) is 0 Å². The van der Waals surface area contributed by atoms with E-state index in [0.29, 0.717) is 10.9 Å². The van der Waals surface area contributed by atoms with Crippen molar-refractivity contribution >= 4 is 24.3 Å². The Bertz CT molecular complexity index is 533. The van der Waals surface area contributed by atoms with Crippen molar-refractivity contribution in [3.8, 4) is 0 Å². The lowest BCUT2D eigenvalue weighted by Crippen LogP contribution is -2.13. The normalized spacial score (nSPS) is 10.1. The molecule has 2 rings (SSSR count). The Hall–Kier alpha value is -1.98. The molecule has 0 saturated carbocycles. The first-order valence-electron chi connectivity index (χ1n) is 4.51. The summed E-state index contributed by atoms with van der Waals surface area (Å²) < 4.78 is 27.5. The van der Waals surface area contributed by atoms with Gasteiger partial charge in [-0.2, -0.15) is 0 Å². The van der Waals surface area contributed by atoms with Crippen molar-refractivity contribution in [2.24, 2.45) is 0 Å². The number of carbonyl (C=O) groups excluding carboxylic acids is 1. The molecule has 2 aromatic rings. The zero-order valence-electron chi connectivity index (χ0n) is 8.06. The number of hydrogen-bond acceptors (Lipinski definition) is 3. The molecule has 0 aliphatic heterocycles. The number of nitrogens with zero attached hydrogens (tertiary/aromatic N) is 1. The smallest absolute Gasteiger partial charge is 0.474 e. The molecule has 16 heavy (non-hydrogen) atoms. The average Bonchev–Trinajstić information content (AvgIpc) is 2.27. The number of carbonyl (C=O) groups is 1. The van der Waals surface area contributed by atoms with Gasteiger partial charge in [-0.3, -0.25) is 4.98 Å². The molecule has 6 heteroatoms. The predicted molar refractivity (Wildman–Crippen MR) is 55.1 cm³/mol. The van der Waals surface area contributed by atoms with Gasteiger partial charge in [-0.1, -0.05) is 6.07 Å². The number of fused-ring (bicyclic) bond motifs is 1. The maximum atomic E-state index is 11.8. The van der Waals surface area contributed by atoms with E-state index in [-0.39, 0.29) is 5.56 Å². The molecule has 1 aromatic carbocycles. The third-order valence-electron chi connectivity index (χ3n) is 2.03. The molecule has 0 aliphatic rings. The Morgan fingerprint density at radius 1 is 1.31 bits per heavy atom. The van der Waals surface area contributed by atoms with E-state index >= 15 is 0 Å². The summed E-state index contributed by atoms with van der Waals surface area (Å²) in [6, 6.07) is 7.89. The molecule has 0 spiro atoms. The Morgan fingerprint density at radius 2 is 2.12 bits per heavy atom. The van der Waals surface area contributed by atoms with Gasteiger partial charge in [-0.15, -0.1) is 0 Å². The van der Waals surface area contributed by atoms with Crippen molar-refractivity contribution < 1.29 is 18.1 Å². The number of benzene rings is 1. The van der Waals surface area contributed by atoms with E-state index in [1.54, 1.807) is 24.4 Å². The van der Waals surface area contributed by atoms with Gasteiger partial charge in [0.25, 0.3) is 0 Å². The Kier molecular flexibility index (Phi) is 2.81. The molecular formula is C10H6BF2NO2. The van der Waals surface area contributed by atoms with Crippen molar-refractivity contribution in [3.63, 3.8) is 0 Å². The van der Waals surface area contributed by atoms with Crippen LogP contribution in [0.25, 0.3) is 10.9 Å². The highest BCUT2D eigenvalue weighted by Crippen LogP contribution is 2.14. The number of halogens is 2. The van der Waals surface area contributed by atoms with Crippen LogP contribution >= 0.6 is 0 Å². The maximum absolute atomic E-state index is 11.8. The van der Waals surface area contributed by atoms with Crippen LogP contribution in [-0.4, -0.2) is 18.4 Å². The van der Waals surface area contributed by atoms with Gasteiger partial charge in [0.2, 0.25) is 0 Å². The molecule has 0 atom stereocenters. The first kappa shape index (κ1) is 10.5. The maximum Gasteiger partial charge on any atom is 0.798 e. The van der Waals surface area contributed by atoms with Crippen LogP contribution in [0.2, 0.25) is 0 Å². The molecule has 1 heterocycles. The fourth-order valence-electron chi connectivity index (χ4n) is 1.35. The van der Waals surface area contributed by atoms with Gasteiger partial charge < -0.3 is 4.65 Å². The first-order chi connectivity index (χ1) is 7.66. The lowest BCUT2D eigenvalue weighted by atomic mass is 10.1. The molecule has 0 amide bonds. The van der Waals surface area contributed by atoms with Gasteiger partial charge in [-0.25, -0.2) is 13.4 Å². The highest BCUT2D eigenvalue weighted by Gasteiger charge is 2.22. The van der Waals surface area contributed by atoms with Crippen LogP contribution in [0, 0.1) is 0 Å². The zero-order valence-corrected chi connectivity index (χ0v) is 8.06. The van der Waals surface area contributed by atoms with E-state index in [4.69, 9.17) is 0 Å². The van der Waals surface area contributed by atoms with Crippen LogP contribution in [0.15, 0.2) is 36.5 Å². The number of hydrogen-bond donors (Lipinski definition) is 0. The van der Waals surface area contributed by atoms with E-state index in [0.717, 1.165) is 0 Å². The minimum absolute atomic E-state index is 0.0841. The summed E-state index contributed by atoms with van der Waals surface area (Å²) in [5.41, 5.74) is 0.775. The Morgan fingerprint density at radius 3 is 2.88 bits per heavy atom. The fraction of sp³-hybridized carbons (Fsp3) is 0. The molecule has 3 nitrogen and oxygen atoms in total. The molecule has 1 aromatic heterocycles. The van der Waals surface area contributed by atoms with Gasteiger partial charge >= 0.3 is 13.4 Å². The number of pyridine rings is 1. The molecule has 0 radical (unpaired) electrons. The van der Waals surface area contributed by atoms with E-state index < -0.39 is 13.4 Å². The molecule has 0 bridgehead atoms. The largest absolute Gasteiger partial charge is 0.798 e. The van der Waals surface area contributed by atoms with Crippen LogP contribution in [0.1, 0.15) is 10.4 Å². The summed E-state index contributed by atoms with van der Waals surface area (Å²) in [5.74, 6) is -1.04. The predicted octanol–water partition coefficient (Wildman–Crippen LogP) is 2.32. The lowest BCUT2D eigenvalue weighted by molar-refractivity contribution is 0.0695. The van der Waals surface area contributed by atoms with Crippen LogP contribution in [0.3, 0.4) is 0 Å². The fourth-order valence-corrected chi connectivity index (χ4v) is 1.35. The summed E-state index contributed by atoms with van der Waals surface area (Å²) >= 11 is 0. The Labute approximate surface area is 90.3 Å². The minimum Gasteiger partial charge on any atom is -0.474 e. The monoisotopic (exact) mass is 221 g/mol. The van der Waals surface area contributed by atoms with Crippen LogP contribution in [0.4, 0.5) is 8.63 Å². The van der Waals surface area contributed by atoms with E-state index in [1.807, 2.05) is 0 Å². The Balaban J connectivity index is 2.35. The van der Waals surface area contributed by atoms with Crippen molar-refractivity contribution in [1.29, 1.82) is 0 Å². The van der Waals surface area contributed by atoms with Gasteiger partial charge in [0, 0.05) is 11.6 Å². The first-order valence-corrected chi connectivity index (χ1v) is 4.51. The topological polar surface area (TPSA) is 39.2 Å². The summed E-state index contributed by atoms with van der Waals surface area (Å²) in [6.45, 7) is 0. The van der Waals surface area contributed by atoms with Gasteiger partial charge in [0.15, 0.2) is 0 Å². The molecule has 80 valence electrons. The van der Waals surface area contributed by atoms with Gasteiger partial charge in [0.1, 0.15) is 0 Å². The third-order valence-corrected chi connectivity index (χ3v) is 2.03. The van der Waals surface area contributed by atoms with Crippen LogP contribution in [0.5, 0.6) is 0 Å². The summed E-state index contributed by atoms with van der Waals surface area (Å²) in [5, 5.41) is 0.700. The summed E-state index contributed by atoms with van der Waals surface area (Å²) in [6.07, 6.45) is 1.61. The van der Waals surface area contributed by atoms with Crippen molar-refractivity contribution in [1.82, 2.24) is 4.98 Å². The second-order valence-corrected chi connectivity index (χ2v) is 3.08. The summed E-state index contributed by atoms with van der Waals surface area (Å²) in [7, 11) is -3.10. The molecule has 0 fully saturated rings. The molecule has 0 unspecified atom stereocenters. The molecule has 0 N–H and O–H groups in total.